The maximum Gasteiger partial charge on any atom is 0.490 e. The highest BCUT2D eigenvalue weighted by Crippen LogP contribution is 2.29. The molecule has 0 aliphatic rings. The summed E-state index contributed by atoms with van der Waals surface area (Å²) >= 11 is 0. The molecule has 10 nitrogen and oxygen atoms in total. The van der Waals surface area contributed by atoms with Crippen LogP contribution in [0.15, 0.2) is 71.9 Å². The first kappa shape index (κ1) is 26.3. The zero-order valence-electron chi connectivity index (χ0n) is 18.2. The minimum Gasteiger partial charge on any atom is -0.475 e. The first-order valence-electron chi connectivity index (χ1n) is 9.95. The molecule has 0 aliphatic heterocycles. The van der Waals surface area contributed by atoms with Gasteiger partial charge in [-0.25, -0.2) is 18.4 Å². The van der Waals surface area contributed by atoms with Gasteiger partial charge in [0.15, 0.2) is 0 Å². The summed E-state index contributed by atoms with van der Waals surface area (Å²) in [6, 6.07) is 15.2. The number of amides is 1. The molecule has 0 saturated heterocycles. The maximum atomic E-state index is 12.3. The van der Waals surface area contributed by atoms with Gasteiger partial charge in [0.05, 0.1) is 16.8 Å². The van der Waals surface area contributed by atoms with Crippen LogP contribution in [0.25, 0.3) is 22.2 Å². The van der Waals surface area contributed by atoms with Crippen molar-refractivity contribution in [3.63, 3.8) is 0 Å². The molecule has 0 radical (unpaired) electrons. The Balaban J connectivity index is 0.000000454. The van der Waals surface area contributed by atoms with Crippen molar-refractivity contribution < 1.29 is 36.3 Å². The van der Waals surface area contributed by atoms with Gasteiger partial charge < -0.3 is 10.4 Å². The zero-order chi connectivity index (χ0) is 26.5. The van der Waals surface area contributed by atoms with E-state index in [-0.39, 0.29) is 17.2 Å². The number of H-pyrrole nitrogens is 1. The van der Waals surface area contributed by atoms with Gasteiger partial charge in [0.1, 0.15) is 5.69 Å². The van der Waals surface area contributed by atoms with E-state index in [2.05, 4.69) is 20.5 Å². The summed E-state index contributed by atoms with van der Waals surface area (Å²) in [5.74, 6) is -2.92. The van der Waals surface area contributed by atoms with Gasteiger partial charge in [-0.3, -0.25) is 14.9 Å². The standard InChI is InChI=1S/C20H17N5O3S.C2HF3O2/c21-29(27,28)16-5-1-4-14(10-16)20-17-11-15(6-7-18(17)24-25-20)23-19(26)9-13-3-2-8-22-12-13;3-2(4,5)1(6)7/h1-8,10-12H,9H2,(H,23,26)(H,24,25)(H2,21,27,28);(H,6,7). The number of nitrogens with zero attached hydrogens (tertiary/aromatic N) is 2. The van der Waals surface area contributed by atoms with E-state index in [0.29, 0.717) is 16.9 Å². The van der Waals surface area contributed by atoms with Gasteiger partial charge in [-0.05, 0) is 42.0 Å². The number of alkyl halides is 3. The number of aromatic nitrogens is 3. The highest BCUT2D eigenvalue weighted by Gasteiger charge is 2.38. The fourth-order valence-electron chi connectivity index (χ4n) is 3.03. The Bertz CT molecular complexity index is 1510. The van der Waals surface area contributed by atoms with Gasteiger partial charge in [-0.15, -0.1) is 0 Å². The number of fused-ring (bicyclic) bond motifs is 1. The van der Waals surface area contributed by atoms with Gasteiger partial charge >= 0.3 is 12.1 Å². The summed E-state index contributed by atoms with van der Waals surface area (Å²) in [6.45, 7) is 0. The number of carboxylic acid groups (broad SMARTS) is 1. The van der Waals surface area contributed by atoms with Gasteiger partial charge in [-0.2, -0.15) is 18.3 Å². The van der Waals surface area contributed by atoms with Crippen LogP contribution in [0.5, 0.6) is 0 Å². The number of benzene rings is 2. The molecule has 14 heteroatoms. The summed E-state index contributed by atoms with van der Waals surface area (Å²) in [5.41, 5.74) is 3.34. The molecular formula is C22H18F3N5O5S. The topological polar surface area (TPSA) is 168 Å². The van der Waals surface area contributed by atoms with Crippen molar-refractivity contribution in [3.8, 4) is 11.3 Å². The van der Waals surface area contributed by atoms with E-state index in [1.165, 1.54) is 12.1 Å². The first-order chi connectivity index (χ1) is 16.8. The number of carboxylic acids is 1. The number of anilines is 1. The molecule has 36 heavy (non-hydrogen) atoms. The molecule has 0 fully saturated rings. The van der Waals surface area contributed by atoms with Gasteiger partial charge in [0, 0.05) is 29.0 Å². The fourth-order valence-corrected chi connectivity index (χ4v) is 3.58. The summed E-state index contributed by atoms with van der Waals surface area (Å²) in [4.78, 5) is 25.2. The zero-order valence-corrected chi connectivity index (χ0v) is 19.0. The fraction of sp³-hybridized carbons (Fsp3) is 0.0909. The van der Waals surface area contributed by atoms with Crippen molar-refractivity contribution in [2.45, 2.75) is 17.5 Å². The molecule has 0 unspecified atom stereocenters. The van der Waals surface area contributed by atoms with E-state index in [0.717, 1.165) is 16.5 Å². The number of hydrogen-bond donors (Lipinski definition) is 4. The number of nitrogens with one attached hydrogen (secondary N) is 2. The number of carbonyl (C=O) groups excluding carboxylic acids is 1. The SMILES string of the molecule is NS(=O)(=O)c1cccc(-c2n[nH]c3ccc(NC(=O)Cc4cccnc4)cc23)c1.O=C(O)C(F)(F)F. The number of halogens is 3. The highest BCUT2D eigenvalue weighted by molar-refractivity contribution is 7.89. The molecule has 0 spiro atoms. The van der Waals surface area contributed by atoms with Crippen LogP contribution in [0.2, 0.25) is 0 Å². The number of primary sulfonamides is 1. The number of aromatic amines is 1. The molecule has 0 bridgehead atoms. The number of nitrogens with two attached hydrogens (primary N) is 1. The van der Waals surface area contributed by atoms with Crippen LogP contribution in [0.1, 0.15) is 5.56 Å². The van der Waals surface area contributed by atoms with Crippen molar-refractivity contribution >= 4 is 38.5 Å². The number of aliphatic carboxylic acids is 1. The Kier molecular flexibility index (Phi) is 7.70. The smallest absolute Gasteiger partial charge is 0.475 e. The summed E-state index contributed by atoms with van der Waals surface area (Å²) in [7, 11) is -3.82. The third-order valence-electron chi connectivity index (χ3n) is 4.61. The minimum absolute atomic E-state index is 0.00655. The van der Waals surface area contributed by atoms with Crippen LogP contribution in [0.4, 0.5) is 18.9 Å². The molecular weight excluding hydrogens is 503 g/mol. The van der Waals surface area contributed by atoms with Crippen molar-refractivity contribution in [1.29, 1.82) is 0 Å². The second-order valence-electron chi connectivity index (χ2n) is 7.29. The Hall–Kier alpha value is -4.30. The first-order valence-corrected chi connectivity index (χ1v) is 11.5. The number of hydrogen-bond acceptors (Lipinski definition) is 6. The van der Waals surface area contributed by atoms with E-state index < -0.39 is 22.2 Å². The largest absolute Gasteiger partial charge is 0.490 e. The molecule has 1 amide bonds. The van der Waals surface area contributed by atoms with Gasteiger partial charge in [0.2, 0.25) is 15.9 Å². The van der Waals surface area contributed by atoms with Gasteiger partial charge in [0.25, 0.3) is 0 Å². The van der Waals surface area contributed by atoms with Crippen molar-refractivity contribution in [2.75, 3.05) is 5.32 Å². The lowest BCUT2D eigenvalue weighted by molar-refractivity contribution is -0.192. The van der Waals surface area contributed by atoms with Crippen molar-refractivity contribution in [1.82, 2.24) is 15.2 Å². The minimum atomic E-state index is -5.08. The van der Waals surface area contributed by atoms with Crippen LogP contribution in [-0.2, 0) is 26.0 Å². The normalized spacial score (nSPS) is 11.4. The van der Waals surface area contributed by atoms with Gasteiger partial charge in [-0.1, -0.05) is 18.2 Å². The van der Waals surface area contributed by atoms with Crippen LogP contribution >= 0.6 is 0 Å². The molecule has 5 N–H and O–H groups in total. The van der Waals surface area contributed by atoms with Crippen LogP contribution in [-0.4, -0.2) is 46.8 Å². The number of rotatable bonds is 5. The molecule has 2 heterocycles. The lowest BCUT2D eigenvalue weighted by Gasteiger charge is -2.06. The number of pyridine rings is 1. The number of sulfonamides is 1. The van der Waals surface area contributed by atoms with Crippen molar-refractivity contribution in [3.05, 3.63) is 72.6 Å². The summed E-state index contributed by atoms with van der Waals surface area (Å²) in [6.07, 6.45) is -1.57. The number of carbonyl (C=O) groups is 2. The second kappa shape index (κ2) is 10.5. The van der Waals surface area contributed by atoms with Crippen molar-refractivity contribution in [2.24, 2.45) is 5.14 Å². The Morgan fingerprint density at radius 3 is 2.42 bits per heavy atom. The Morgan fingerprint density at radius 2 is 1.81 bits per heavy atom. The third-order valence-corrected chi connectivity index (χ3v) is 5.52. The van der Waals surface area contributed by atoms with E-state index in [4.69, 9.17) is 15.0 Å². The van der Waals surface area contributed by atoms with E-state index in [1.54, 1.807) is 48.8 Å². The third kappa shape index (κ3) is 6.86. The molecule has 0 saturated carbocycles. The lowest BCUT2D eigenvalue weighted by Crippen LogP contribution is -2.21. The molecule has 188 valence electrons. The van der Waals surface area contributed by atoms with Crippen LogP contribution < -0.4 is 10.5 Å². The van der Waals surface area contributed by atoms with E-state index in [1.807, 2.05) is 6.07 Å². The average Bonchev–Trinajstić information content (AvgIpc) is 3.22. The molecule has 0 atom stereocenters. The predicted octanol–water partition coefficient (Wildman–Crippen LogP) is 3.09. The molecule has 2 aromatic carbocycles. The van der Waals surface area contributed by atoms with E-state index in [9.17, 15) is 26.4 Å². The van der Waals surface area contributed by atoms with Crippen LogP contribution in [0.3, 0.4) is 0 Å². The molecule has 0 aliphatic carbocycles. The second-order valence-corrected chi connectivity index (χ2v) is 8.86. The van der Waals surface area contributed by atoms with Crippen LogP contribution in [0, 0.1) is 0 Å². The molecule has 4 rings (SSSR count). The monoisotopic (exact) mass is 521 g/mol. The summed E-state index contributed by atoms with van der Waals surface area (Å²) < 4.78 is 55.0. The predicted molar refractivity (Wildman–Crippen MR) is 123 cm³/mol. The quantitative estimate of drug-likeness (QED) is 0.313. The Morgan fingerprint density at radius 1 is 1.08 bits per heavy atom. The average molecular weight is 521 g/mol. The maximum absolute atomic E-state index is 12.3. The molecule has 4 aromatic rings. The van der Waals surface area contributed by atoms with E-state index >= 15 is 0 Å². The lowest BCUT2D eigenvalue weighted by atomic mass is 10.1. The highest BCUT2D eigenvalue weighted by atomic mass is 32.2. The summed E-state index contributed by atoms with van der Waals surface area (Å²) in [5, 5.41) is 23.2. The molecule has 2 aromatic heterocycles. The Labute approximate surface area is 202 Å².